The number of nitrogens with zero attached hydrogens (tertiary/aromatic N) is 4. The Kier molecular flexibility index (Phi) is 6.15. The first-order chi connectivity index (χ1) is 17.9. The number of hydrazone groups is 1. The van der Waals surface area contributed by atoms with Gasteiger partial charge in [-0.2, -0.15) is 10.1 Å². The predicted molar refractivity (Wildman–Crippen MR) is 143 cm³/mol. The molecule has 5 rings (SSSR count). The summed E-state index contributed by atoms with van der Waals surface area (Å²) in [6.07, 6.45) is 1.33. The van der Waals surface area contributed by atoms with Crippen molar-refractivity contribution in [1.29, 1.82) is 0 Å². The van der Waals surface area contributed by atoms with E-state index < -0.39 is 23.0 Å². The Balaban J connectivity index is 1.78. The van der Waals surface area contributed by atoms with Crippen LogP contribution < -0.4 is 16.3 Å². The molecule has 37 heavy (non-hydrogen) atoms. The zero-order valence-corrected chi connectivity index (χ0v) is 20.3. The van der Waals surface area contributed by atoms with Gasteiger partial charge in [0.15, 0.2) is 0 Å². The lowest BCUT2D eigenvalue weighted by molar-refractivity contribution is -0.114. The van der Waals surface area contributed by atoms with Gasteiger partial charge >= 0.3 is 5.69 Å². The number of benzene rings is 3. The fourth-order valence-corrected chi connectivity index (χ4v) is 4.24. The topological polar surface area (TPSA) is 96.9 Å². The third-order valence-corrected chi connectivity index (χ3v) is 6.04. The molecule has 1 amide bonds. The van der Waals surface area contributed by atoms with Crippen LogP contribution in [-0.2, 0) is 4.79 Å². The van der Waals surface area contributed by atoms with Crippen molar-refractivity contribution in [3.05, 3.63) is 123 Å². The van der Waals surface area contributed by atoms with Gasteiger partial charge in [-0.25, -0.2) is 13.9 Å². The van der Waals surface area contributed by atoms with Gasteiger partial charge in [0.2, 0.25) is 5.88 Å². The summed E-state index contributed by atoms with van der Waals surface area (Å²) in [5, 5.41) is 17.1. The highest BCUT2D eigenvalue weighted by Gasteiger charge is 2.33. The van der Waals surface area contributed by atoms with Crippen molar-refractivity contribution in [3.63, 3.8) is 0 Å². The number of hydrogen-bond donors (Lipinski definition) is 1. The smallest absolute Gasteiger partial charge is 0.343 e. The van der Waals surface area contributed by atoms with Crippen LogP contribution in [0, 0.1) is 5.92 Å². The molecule has 0 spiro atoms. The molecule has 4 aromatic rings. The second-order valence-electron chi connectivity index (χ2n) is 8.82. The van der Waals surface area contributed by atoms with Gasteiger partial charge in [0.05, 0.1) is 28.3 Å². The second kappa shape index (κ2) is 9.58. The molecule has 0 bridgehead atoms. The number of rotatable bonds is 5. The number of amides is 1. The number of carbonyl (C=O) groups excluding carboxylic acids is 1. The lowest BCUT2D eigenvalue weighted by atomic mass is 9.98. The highest BCUT2D eigenvalue weighted by Crippen LogP contribution is 2.29. The van der Waals surface area contributed by atoms with Gasteiger partial charge < -0.3 is 5.11 Å². The molecule has 8 heteroatoms. The number of anilines is 1. The Labute approximate surface area is 212 Å². The third-order valence-electron chi connectivity index (χ3n) is 6.04. The molecular formula is C29H24N4O4. The SMILES string of the molecule is CC(C)C1=NN(c2ccccc2)C(=O)/C1=C\c1c(O)n(-c2ccccc2)c(=O)n(-c2ccccc2)c1=O. The van der Waals surface area contributed by atoms with Crippen LogP contribution in [0.2, 0.25) is 0 Å². The molecule has 0 aliphatic carbocycles. The van der Waals surface area contributed by atoms with Crippen LogP contribution in [0.1, 0.15) is 19.4 Å². The summed E-state index contributed by atoms with van der Waals surface area (Å²) in [6, 6.07) is 25.9. The summed E-state index contributed by atoms with van der Waals surface area (Å²) >= 11 is 0. The quantitative estimate of drug-likeness (QED) is 0.424. The number of hydrogen-bond acceptors (Lipinski definition) is 5. The van der Waals surface area contributed by atoms with Crippen LogP contribution in [0.15, 0.2) is 111 Å². The van der Waals surface area contributed by atoms with E-state index >= 15 is 0 Å². The van der Waals surface area contributed by atoms with E-state index in [-0.39, 0.29) is 17.1 Å². The van der Waals surface area contributed by atoms with Crippen molar-refractivity contribution in [3.8, 4) is 17.3 Å². The number of aromatic hydroxyl groups is 1. The van der Waals surface area contributed by atoms with Crippen molar-refractivity contribution in [2.75, 3.05) is 5.01 Å². The molecule has 8 nitrogen and oxygen atoms in total. The Morgan fingerprint density at radius 3 is 1.73 bits per heavy atom. The minimum atomic E-state index is -0.748. The summed E-state index contributed by atoms with van der Waals surface area (Å²) in [4.78, 5) is 40.7. The van der Waals surface area contributed by atoms with Gasteiger partial charge in [-0.1, -0.05) is 68.4 Å². The average molecular weight is 493 g/mol. The monoisotopic (exact) mass is 492 g/mol. The molecule has 184 valence electrons. The van der Waals surface area contributed by atoms with Crippen molar-refractivity contribution < 1.29 is 9.90 Å². The molecular weight excluding hydrogens is 468 g/mol. The maximum atomic E-state index is 13.7. The minimum absolute atomic E-state index is 0.151. The predicted octanol–water partition coefficient (Wildman–Crippen LogP) is 4.14. The normalized spacial score (nSPS) is 14.5. The number of para-hydroxylation sites is 3. The van der Waals surface area contributed by atoms with E-state index in [4.69, 9.17) is 0 Å². The van der Waals surface area contributed by atoms with E-state index in [1.807, 2.05) is 19.9 Å². The minimum Gasteiger partial charge on any atom is -0.494 e. The van der Waals surface area contributed by atoms with E-state index in [9.17, 15) is 19.5 Å². The van der Waals surface area contributed by atoms with Crippen LogP contribution >= 0.6 is 0 Å². The lowest BCUT2D eigenvalue weighted by Gasteiger charge is -2.15. The Morgan fingerprint density at radius 2 is 1.22 bits per heavy atom. The van der Waals surface area contributed by atoms with Gasteiger partial charge in [0.1, 0.15) is 5.56 Å². The third kappa shape index (κ3) is 4.18. The average Bonchev–Trinajstić information content (AvgIpc) is 3.24. The zero-order valence-electron chi connectivity index (χ0n) is 20.3. The van der Waals surface area contributed by atoms with Gasteiger partial charge in [-0.15, -0.1) is 0 Å². The summed E-state index contributed by atoms with van der Waals surface area (Å²) in [6.45, 7) is 3.78. The van der Waals surface area contributed by atoms with E-state index in [1.54, 1.807) is 84.9 Å². The molecule has 1 aromatic heterocycles. The van der Waals surface area contributed by atoms with Crippen LogP contribution in [0.5, 0.6) is 5.88 Å². The molecule has 0 atom stereocenters. The lowest BCUT2D eigenvalue weighted by Crippen LogP contribution is -2.39. The Morgan fingerprint density at radius 1 is 0.730 bits per heavy atom. The zero-order chi connectivity index (χ0) is 26.1. The molecule has 3 aromatic carbocycles. The van der Waals surface area contributed by atoms with Gasteiger partial charge in [-0.3, -0.25) is 9.59 Å². The highest BCUT2D eigenvalue weighted by molar-refractivity contribution is 6.33. The van der Waals surface area contributed by atoms with Crippen LogP contribution in [0.3, 0.4) is 0 Å². The van der Waals surface area contributed by atoms with Crippen molar-refractivity contribution >= 4 is 23.4 Å². The van der Waals surface area contributed by atoms with E-state index in [0.29, 0.717) is 22.8 Å². The molecule has 1 aliphatic rings. The summed E-state index contributed by atoms with van der Waals surface area (Å²) in [5.74, 6) is -1.14. The van der Waals surface area contributed by atoms with Gasteiger partial charge in [-0.05, 0) is 48.4 Å². The molecule has 0 saturated heterocycles. The molecule has 2 heterocycles. The largest absolute Gasteiger partial charge is 0.494 e. The number of aromatic nitrogens is 2. The summed E-state index contributed by atoms with van der Waals surface area (Å²) < 4.78 is 2.04. The van der Waals surface area contributed by atoms with Crippen LogP contribution in [0.25, 0.3) is 17.5 Å². The fraction of sp³-hybridized carbons (Fsp3) is 0.103. The van der Waals surface area contributed by atoms with E-state index in [2.05, 4.69) is 5.10 Å². The maximum Gasteiger partial charge on any atom is 0.343 e. The van der Waals surface area contributed by atoms with Crippen molar-refractivity contribution in [2.24, 2.45) is 11.0 Å². The summed E-state index contributed by atoms with van der Waals surface area (Å²) in [5.41, 5.74) is 0.249. The first-order valence-electron chi connectivity index (χ1n) is 11.8. The van der Waals surface area contributed by atoms with Crippen LogP contribution in [0.4, 0.5) is 5.69 Å². The van der Waals surface area contributed by atoms with E-state index in [0.717, 1.165) is 9.13 Å². The molecule has 1 aliphatic heterocycles. The number of carbonyl (C=O) groups is 1. The first-order valence-corrected chi connectivity index (χ1v) is 11.8. The molecule has 0 unspecified atom stereocenters. The standard InChI is InChI=1S/C29H24N4O4/c1-19(2)25-23(28(36)33(30-25)22-16-10-5-11-17-22)18-24-26(34)31(20-12-6-3-7-13-20)29(37)32(27(24)35)21-14-8-4-9-15-21/h3-19,34H,1-2H3/b23-18-. The fourth-order valence-electron chi connectivity index (χ4n) is 4.24. The van der Waals surface area contributed by atoms with Gasteiger partial charge in [0.25, 0.3) is 11.5 Å². The van der Waals surface area contributed by atoms with Crippen molar-refractivity contribution in [2.45, 2.75) is 13.8 Å². The molecule has 0 saturated carbocycles. The molecule has 0 radical (unpaired) electrons. The highest BCUT2D eigenvalue weighted by atomic mass is 16.3. The Bertz CT molecular complexity index is 1650. The van der Waals surface area contributed by atoms with Crippen molar-refractivity contribution in [1.82, 2.24) is 9.13 Å². The molecule has 0 fully saturated rings. The van der Waals surface area contributed by atoms with Crippen LogP contribution in [-0.4, -0.2) is 25.9 Å². The summed E-state index contributed by atoms with van der Waals surface area (Å²) in [7, 11) is 0. The van der Waals surface area contributed by atoms with E-state index in [1.165, 1.54) is 11.1 Å². The Hall–Kier alpha value is -4.98. The first kappa shape index (κ1) is 23.7. The van der Waals surface area contributed by atoms with Gasteiger partial charge in [0, 0.05) is 0 Å². The maximum absolute atomic E-state index is 13.7. The molecule has 1 N–H and O–H groups in total. The second-order valence-corrected chi connectivity index (χ2v) is 8.82.